The van der Waals surface area contributed by atoms with Crippen LogP contribution in [0.3, 0.4) is 0 Å². The Balaban J connectivity index is 4.04. The second kappa shape index (κ2) is 10.2. The van der Waals surface area contributed by atoms with E-state index in [2.05, 4.69) is 36.1 Å². The Kier molecular flexibility index (Phi) is 9.83. The van der Waals surface area contributed by atoms with Crippen LogP contribution in [-0.2, 0) is 4.79 Å². The molecule has 1 unspecified atom stereocenters. The van der Waals surface area contributed by atoms with Crippen molar-refractivity contribution in [2.45, 2.75) is 45.7 Å². The Morgan fingerprint density at radius 3 is 2.26 bits per heavy atom. The highest BCUT2D eigenvalue weighted by Crippen LogP contribution is 2.00. The molecule has 0 aliphatic rings. The quantitative estimate of drug-likeness (QED) is 0.575. The van der Waals surface area contributed by atoms with Crippen LogP contribution in [0.4, 0.5) is 0 Å². The van der Waals surface area contributed by atoms with Gasteiger partial charge in [0.15, 0.2) is 0 Å². The number of nitrogens with zero attached hydrogens (tertiary/aromatic N) is 2. The summed E-state index contributed by atoms with van der Waals surface area (Å²) in [4.78, 5) is 15.9. The fraction of sp³-hybridized carbons (Fsp3) is 0.929. The van der Waals surface area contributed by atoms with Gasteiger partial charge in [-0.1, -0.05) is 20.8 Å². The lowest BCUT2D eigenvalue weighted by Crippen LogP contribution is -2.46. The van der Waals surface area contributed by atoms with Crippen molar-refractivity contribution >= 4 is 5.91 Å². The molecule has 0 heterocycles. The molecule has 0 spiro atoms. The van der Waals surface area contributed by atoms with Crippen molar-refractivity contribution in [3.05, 3.63) is 0 Å². The van der Waals surface area contributed by atoms with Gasteiger partial charge in [0.05, 0.1) is 6.04 Å². The minimum Gasteiger partial charge on any atom is -0.368 e. The molecule has 114 valence electrons. The standard InChI is InChI=1S/C14H32N4O/c1-6-18(10-7-9-17(4)5)11-8-13(14(15)19)16-12(2)3/h12-13,16H,6-11H2,1-5H3,(H2,15,19). The molecular weight excluding hydrogens is 240 g/mol. The molecule has 0 aliphatic carbocycles. The minimum atomic E-state index is -0.252. The fourth-order valence-electron chi connectivity index (χ4n) is 2.06. The topological polar surface area (TPSA) is 61.6 Å². The first-order valence-corrected chi connectivity index (χ1v) is 7.29. The SMILES string of the molecule is CCN(CCCN(C)C)CCC(NC(C)C)C(N)=O. The van der Waals surface area contributed by atoms with Crippen LogP contribution in [0.5, 0.6) is 0 Å². The molecule has 0 aromatic carbocycles. The van der Waals surface area contributed by atoms with E-state index in [1.165, 1.54) is 0 Å². The van der Waals surface area contributed by atoms with Gasteiger partial charge < -0.3 is 20.9 Å². The predicted octanol–water partition coefficient (Wildman–Crippen LogP) is 0.502. The van der Waals surface area contributed by atoms with Crippen molar-refractivity contribution in [3.63, 3.8) is 0 Å². The third-order valence-electron chi connectivity index (χ3n) is 3.14. The summed E-state index contributed by atoms with van der Waals surface area (Å²) in [5, 5.41) is 3.22. The lowest BCUT2D eigenvalue weighted by atomic mass is 10.1. The van der Waals surface area contributed by atoms with Crippen LogP contribution >= 0.6 is 0 Å². The molecule has 0 saturated heterocycles. The second-order valence-corrected chi connectivity index (χ2v) is 5.66. The summed E-state index contributed by atoms with van der Waals surface area (Å²) in [6.07, 6.45) is 1.93. The van der Waals surface area contributed by atoms with Gasteiger partial charge in [0.2, 0.25) is 5.91 Å². The average molecular weight is 272 g/mol. The van der Waals surface area contributed by atoms with Crippen molar-refractivity contribution in [2.24, 2.45) is 5.73 Å². The van der Waals surface area contributed by atoms with E-state index >= 15 is 0 Å². The van der Waals surface area contributed by atoms with Gasteiger partial charge in [-0.05, 0) is 46.6 Å². The fourth-order valence-corrected chi connectivity index (χ4v) is 2.06. The van der Waals surface area contributed by atoms with Gasteiger partial charge in [-0.15, -0.1) is 0 Å². The van der Waals surface area contributed by atoms with Crippen LogP contribution in [0.1, 0.15) is 33.6 Å². The van der Waals surface area contributed by atoms with E-state index < -0.39 is 0 Å². The van der Waals surface area contributed by atoms with Gasteiger partial charge in [-0.2, -0.15) is 0 Å². The highest BCUT2D eigenvalue weighted by Gasteiger charge is 2.16. The first kappa shape index (κ1) is 18.4. The van der Waals surface area contributed by atoms with Gasteiger partial charge in [0, 0.05) is 12.6 Å². The molecule has 0 fully saturated rings. The maximum Gasteiger partial charge on any atom is 0.234 e. The third-order valence-corrected chi connectivity index (χ3v) is 3.14. The van der Waals surface area contributed by atoms with E-state index in [4.69, 9.17) is 5.73 Å². The zero-order chi connectivity index (χ0) is 14.8. The summed E-state index contributed by atoms with van der Waals surface area (Å²) in [7, 11) is 4.18. The van der Waals surface area contributed by atoms with Crippen LogP contribution in [0, 0.1) is 0 Å². The summed E-state index contributed by atoms with van der Waals surface area (Å²) in [5.41, 5.74) is 5.43. The smallest absolute Gasteiger partial charge is 0.234 e. The number of carbonyl (C=O) groups excluding carboxylic acids is 1. The summed E-state index contributed by atoms with van der Waals surface area (Å²) < 4.78 is 0. The lowest BCUT2D eigenvalue weighted by molar-refractivity contribution is -0.120. The molecule has 5 nitrogen and oxygen atoms in total. The van der Waals surface area contributed by atoms with Crippen LogP contribution in [0.2, 0.25) is 0 Å². The zero-order valence-electron chi connectivity index (χ0n) is 13.3. The Hall–Kier alpha value is -0.650. The molecule has 0 saturated carbocycles. The summed E-state index contributed by atoms with van der Waals surface area (Å²) >= 11 is 0. The van der Waals surface area contributed by atoms with Crippen molar-refractivity contribution < 1.29 is 4.79 Å². The third kappa shape index (κ3) is 9.87. The maximum atomic E-state index is 11.4. The Bertz CT molecular complexity index is 244. The Morgan fingerprint density at radius 1 is 1.21 bits per heavy atom. The molecule has 1 amide bonds. The Labute approximate surface area is 118 Å². The average Bonchev–Trinajstić information content (AvgIpc) is 2.30. The zero-order valence-corrected chi connectivity index (χ0v) is 13.3. The number of rotatable bonds is 11. The number of hydrogen-bond acceptors (Lipinski definition) is 4. The van der Waals surface area contributed by atoms with Gasteiger partial charge in [0.1, 0.15) is 0 Å². The molecule has 1 atom stereocenters. The molecule has 0 bridgehead atoms. The maximum absolute atomic E-state index is 11.4. The van der Waals surface area contributed by atoms with E-state index in [0.29, 0.717) is 0 Å². The summed E-state index contributed by atoms with van der Waals surface area (Å²) in [6, 6.07) is 0.0595. The monoisotopic (exact) mass is 272 g/mol. The predicted molar refractivity (Wildman–Crippen MR) is 81.2 cm³/mol. The molecule has 3 N–H and O–H groups in total. The van der Waals surface area contributed by atoms with Crippen molar-refractivity contribution in [1.82, 2.24) is 15.1 Å². The lowest BCUT2D eigenvalue weighted by Gasteiger charge is -2.24. The van der Waals surface area contributed by atoms with Gasteiger partial charge >= 0.3 is 0 Å². The van der Waals surface area contributed by atoms with E-state index in [0.717, 1.165) is 39.0 Å². The minimum absolute atomic E-state index is 0.220. The molecule has 0 radical (unpaired) electrons. The molecule has 5 heteroatoms. The highest BCUT2D eigenvalue weighted by molar-refractivity contribution is 5.79. The van der Waals surface area contributed by atoms with Crippen LogP contribution < -0.4 is 11.1 Å². The van der Waals surface area contributed by atoms with E-state index in [1.54, 1.807) is 0 Å². The first-order valence-electron chi connectivity index (χ1n) is 7.29. The first-order chi connectivity index (χ1) is 8.86. The van der Waals surface area contributed by atoms with Gasteiger partial charge in [-0.3, -0.25) is 4.79 Å². The summed E-state index contributed by atoms with van der Waals surface area (Å²) in [6.45, 7) is 10.3. The van der Waals surface area contributed by atoms with E-state index in [9.17, 15) is 4.79 Å². The van der Waals surface area contributed by atoms with Crippen molar-refractivity contribution in [3.8, 4) is 0 Å². The van der Waals surface area contributed by atoms with E-state index in [-0.39, 0.29) is 18.0 Å². The van der Waals surface area contributed by atoms with Crippen molar-refractivity contribution in [2.75, 3.05) is 40.3 Å². The van der Waals surface area contributed by atoms with E-state index in [1.807, 2.05) is 13.8 Å². The number of primary amides is 1. The van der Waals surface area contributed by atoms with Gasteiger partial charge in [-0.25, -0.2) is 0 Å². The van der Waals surface area contributed by atoms with Crippen LogP contribution in [-0.4, -0.2) is 68.1 Å². The number of hydrogen-bond donors (Lipinski definition) is 2. The number of amides is 1. The number of nitrogens with two attached hydrogens (primary N) is 1. The number of carbonyl (C=O) groups is 1. The van der Waals surface area contributed by atoms with Crippen LogP contribution in [0.15, 0.2) is 0 Å². The molecule has 0 aliphatic heterocycles. The molecule has 0 rings (SSSR count). The largest absolute Gasteiger partial charge is 0.368 e. The summed E-state index contributed by atoms with van der Waals surface area (Å²) in [5.74, 6) is -0.252. The molecule has 0 aromatic rings. The molecular formula is C14H32N4O. The molecule has 0 aromatic heterocycles. The van der Waals surface area contributed by atoms with Crippen molar-refractivity contribution in [1.29, 1.82) is 0 Å². The van der Waals surface area contributed by atoms with Gasteiger partial charge in [0.25, 0.3) is 0 Å². The normalized spacial score (nSPS) is 13.5. The number of nitrogens with one attached hydrogen (secondary N) is 1. The Morgan fingerprint density at radius 2 is 1.84 bits per heavy atom. The second-order valence-electron chi connectivity index (χ2n) is 5.66. The highest BCUT2D eigenvalue weighted by atomic mass is 16.1. The van der Waals surface area contributed by atoms with Crippen LogP contribution in [0.25, 0.3) is 0 Å². The molecule has 19 heavy (non-hydrogen) atoms.